The Labute approximate surface area is 138 Å². The molecule has 2 heterocycles. The van der Waals surface area contributed by atoms with Crippen molar-refractivity contribution in [2.24, 2.45) is 5.41 Å². The third-order valence-electron chi connectivity index (χ3n) is 3.39. The topological polar surface area (TPSA) is 40.6 Å². The van der Waals surface area contributed by atoms with Crippen molar-refractivity contribution in [3.63, 3.8) is 0 Å². The fourth-order valence-corrected chi connectivity index (χ4v) is 3.66. The highest BCUT2D eigenvalue weighted by molar-refractivity contribution is 9.11. The standard InChI is InChI=1S/C15H21BrN2O2S/c1-15(2,3)10-13(19)17-6-8-18(9-7-17)14(20)11-4-5-12(16)21-11/h4-5H,6-10H2,1-3H3. The maximum absolute atomic E-state index is 12.3. The molecular formula is C15H21BrN2O2S. The lowest BCUT2D eigenvalue weighted by Crippen LogP contribution is -2.51. The average molecular weight is 373 g/mol. The summed E-state index contributed by atoms with van der Waals surface area (Å²) < 4.78 is 0.963. The molecule has 0 bridgehead atoms. The van der Waals surface area contributed by atoms with E-state index in [1.165, 1.54) is 11.3 Å². The summed E-state index contributed by atoms with van der Waals surface area (Å²) in [6, 6.07) is 3.73. The number of carbonyl (C=O) groups excluding carboxylic acids is 2. The first-order valence-corrected chi connectivity index (χ1v) is 8.69. The van der Waals surface area contributed by atoms with Crippen molar-refractivity contribution in [2.75, 3.05) is 26.2 Å². The van der Waals surface area contributed by atoms with E-state index in [0.717, 1.165) is 8.66 Å². The molecule has 116 valence electrons. The molecular weight excluding hydrogens is 352 g/mol. The fourth-order valence-electron chi connectivity index (χ4n) is 2.31. The van der Waals surface area contributed by atoms with Crippen molar-refractivity contribution < 1.29 is 9.59 Å². The van der Waals surface area contributed by atoms with Crippen LogP contribution in [-0.2, 0) is 4.79 Å². The van der Waals surface area contributed by atoms with E-state index in [9.17, 15) is 9.59 Å². The number of amides is 2. The molecule has 1 aliphatic heterocycles. The van der Waals surface area contributed by atoms with Gasteiger partial charge in [0, 0.05) is 32.6 Å². The van der Waals surface area contributed by atoms with Gasteiger partial charge in [-0.1, -0.05) is 20.8 Å². The summed E-state index contributed by atoms with van der Waals surface area (Å²) in [4.78, 5) is 29.0. The SMILES string of the molecule is CC(C)(C)CC(=O)N1CCN(C(=O)c2ccc(Br)s2)CC1. The molecule has 4 nitrogen and oxygen atoms in total. The predicted molar refractivity (Wildman–Crippen MR) is 88.6 cm³/mol. The van der Waals surface area contributed by atoms with Crippen LogP contribution in [0.2, 0.25) is 0 Å². The molecule has 1 fully saturated rings. The van der Waals surface area contributed by atoms with Crippen molar-refractivity contribution in [3.05, 3.63) is 20.8 Å². The number of thiophene rings is 1. The van der Waals surface area contributed by atoms with Gasteiger partial charge in [0.15, 0.2) is 0 Å². The Morgan fingerprint density at radius 2 is 1.71 bits per heavy atom. The first-order chi connectivity index (χ1) is 9.76. The number of rotatable bonds is 2. The summed E-state index contributed by atoms with van der Waals surface area (Å²) in [7, 11) is 0. The van der Waals surface area contributed by atoms with E-state index < -0.39 is 0 Å². The maximum atomic E-state index is 12.3. The first-order valence-electron chi connectivity index (χ1n) is 7.09. The predicted octanol–water partition coefficient (Wildman–Crippen LogP) is 3.23. The number of piperazine rings is 1. The molecule has 6 heteroatoms. The molecule has 1 saturated heterocycles. The van der Waals surface area contributed by atoms with E-state index in [0.29, 0.717) is 32.6 Å². The second-order valence-corrected chi connectivity index (χ2v) is 8.98. The molecule has 0 radical (unpaired) electrons. The van der Waals surface area contributed by atoms with Crippen LogP contribution in [0.15, 0.2) is 15.9 Å². The highest BCUT2D eigenvalue weighted by atomic mass is 79.9. The van der Waals surface area contributed by atoms with Gasteiger partial charge in [0.25, 0.3) is 5.91 Å². The van der Waals surface area contributed by atoms with Gasteiger partial charge < -0.3 is 9.80 Å². The minimum Gasteiger partial charge on any atom is -0.339 e. The minimum atomic E-state index is 0.00722. The van der Waals surface area contributed by atoms with Crippen molar-refractivity contribution in [1.29, 1.82) is 0 Å². The van der Waals surface area contributed by atoms with Gasteiger partial charge in [-0.15, -0.1) is 11.3 Å². The Morgan fingerprint density at radius 3 is 2.19 bits per heavy atom. The maximum Gasteiger partial charge on any atom is 0.264 e. The van der Waals surface area contributed by atoms with Crippen molar-refractivity contribution in [1.82, 2.24) is 9.80 Å². The van der Waals surface area contributed by atoms with Gasteiger partial charge in [0.2, 0.25) is 5.91 Å². The van der Waals surface area contributed by atoms with Gasteiger partial charge in [0.05, 0.1) is 8.66 Å². The van der Waals surface area contributed by atoms with Crippen LogP contribution in [-0.4, -0.2) is 47.8 Å². The Kier molecular flexibility index (Phi) is 5.09. The molecule has 1 aromatic rings. The summed E-state index contributed by atoms with van der Waals surface area (Å²) in [5.74, 6) is 0.252. The lowest BCUT2D eigenvalue weighted by Gasteiger charge is -2.35. The zero-order chi connectivity index (χ0) is 15.6. The highest BCUT2D eigenvalue weighted by Crippen LogP contribution is 2.24. The van der Waals surface area contributed by atoms with E-state index in [1.54, 1.807) is 0 Å². The number of nitrogens with zero attached hydrogens (tertiary/aromatic N) is 2. The molecule has 0 aromatic carbocycles. The zero-order valence-electron chi connectivity index (χ0n) is 12.7. The van der Waals surface area contributed by atoms with Crippen LogP contribution in [0.25, 0.3) is 0 Å². The summed E-state index contributed by atoms with van der Waals surface area (Å²) in [6.07, 6.45) is 0.554. The normalized spacial score (nSPS) is 16.2. The summed E-state index contributed by atoms with van der Waals surface area (Å²) in [6.45, 7) is 8.70. The third-order valence-corrected chi connectivity index (χ3v) is 5.00. The number of hydrogen-bond donors (Lipinski definition) is 0. The number of halogens is 1. The highest BCUT2D eigenvalue weighted by Gasteiger charge is 2.27. The van der Waals surface area contributed by atoms with Crippen molar-refractivity contribution in [2.45, 2.75) is 27.2 Å². The van der Waals surface area contributed by atoms with E-state index in [1.807, 2.05) is 21.9 Å². The zero-order valence-corrected chi connectivity index (χ0v) is 15.1. The van der Waals surface area contributed by atoms with E-state index in [-0.39, 0.29) is 17.2 Å². The van der Waals surface area contributed by atoms with Crippen LogP contribution >= 0.6 is 27.3 Å². The van der Waals surface area contributed by atoms with Gasteiger partial charge in [-0.2, -0.15) is 0 Å². The van der Waals surface area contributed by atoms with Crippen LogP contribution in [0.4, 0.5) is 0 Å². The summed E-state index contributed by atoms with van der Waals surface area (Å²) in [5.41, 5.74) is 0.00722. The molecule has 21 heavy (non-hydrogen) atoms. The molecule has 0 spiro atoms. The molecule has 0 aliphatic carbocycles. The van der Waals surface area contributed by atoms with Crippen LogP contribution in [0, 0.1) is 5.41 Å². The van der Waals surface area contributed by atoms with Crippen LogP contribution in [0.5, 0.6) is 0 Å². The summed E-state index contributed by atoms with van der Waals surface area (Å²) in [5, 5.41) is 0. The molecule has 0 unspecified atom stereocenters. The van der Waals surface area contributed by atoms with Crippen LogP contribution in [0.1, 0.15) is 36.9 Å². The van der Waals surface area contributed by atoms with Gasteiger partial charge in [-0.25, -0.2) is 0 Å². The Hall–Kier alpha value is -0.880. The Bertz CT molecular complexity index is 528. The monoisotopic (exact) mass is 372 g/mol. The van der Waals surface area contributed by atoms with Gasteiger partial charge in [-0.05, 0) is 33.5 Å². The van der Waals surface area contributed by atoms with Crippen molar-refractivity contribution >= 4 is 39.1 Å². The fraction of sp³-hybridized carbons (Fsp3) is 0.600. The molecule has 2 rings (SSSR count). The van der Waals surface area contributed by atoms with E-state index >= 15 is 0 Å². The second-order valence-electron chi connectivity index (χ2n) is 6.51. The second kappa shape index (κ2) is 6.48. The third kappa shape index (κ3) is 4.54. The average Bonchev–Trinajstić information content (AvgIpc) is 2.83. The lowest BCUT2D eigenvalue weighted by molar-refractivity contribution is -0.134. The van der Waals surface area contributed by atoms with Gasteiger partial charge in [0.1, 0.15) is 0 Å². The van der Waals surface area contributed by atoms with Crippen LogP contribution in [0.3, 0.4) is 0 Å². The van der Waals surface area contributed by atoms with E-state index in [2.05, 4.69) is 36.7 Å². The molecule has 1 aliphatic rings. The Morgan fingerprint density at radius 1 is 1.14 bits per heavy atom. The molecule has 1 aromatic heterocycles. The summed E-state index contributed by atoms with van der Waals surface area (Å²) >= 11 is 4.83. The Balaban J connectivity index is 1.88. The van der Waals surface area contributed by atoms with Crippen molar-refractivity contribution in [3.8, 4) is 0 Å². The molecule has 2 amide bonds. The van der Waals surface area contributed by atoms with E-state index in [4.69, 9.17) is 0 Å². The number of hydrogen-bond acceptors (Lipinski definition) is 3. The largest absolute Gasteiger partial charge is 0.339 e. The quantitative estimate of drug-likeness (QED) is 0.799. The molecule has 0 saturated carbocycles. The lowest BCUT2D eigenvalue weighted by atomic mass is 9.91. The van der Waals surface area contributed by atoms with Crippen LogP contribution < -0.4 is 0 Å². The van der Waals surface area contributed by atoms with Gasteiger partial charge in [-0.3, -0.25) is 9.59 Å². The number of carbonyl (C=O) groups is 2. The van der Waals surface area contributed by atoms with Gasteiger partial charge >= 0.3 is 0 Å². The molecule has 0 atom stereocenters. The molecule has 0 N–H and O–H groups in total. The minimum absolute atomic E-state index is 0.00722. The first kappa shape index (κ1) is 16.5. The smallest absolute Gasteiger partial charge is 0.264 e.